The molecule has 0 aliphatic heterocycles. The zero-order chi connectivity index (χ0) is 18.9. The van der Waals surface area contributed by atoms with Crippen molar-refractivity contribution in [1.29, 1.82) is 0 Å². The zero-order valence-corrected chi connectivity index (χ0v) is 15.3. The van der Waals surface area contributed by atoms with Crippen LogP contribution in [0.5, 0.6) is 0 Å². The largest absolute Gasteiger partial charge is 0.365 e. The third-order valence-electron chi connectivity index (χ3n) is 4.73. The third-order valence-corrected chi connectivity index (χ3v) is 4.73. The van der Waals surface area contributed by atoms with Crippen LogP contribution in [-0.4, -0.2) is 24.9 Å². The van der Waals surface area contributed by atoms with Gasteiger partial charge in [-0.2, -0.15) is 0 Å². The molecule has 0 fully saturated rings. The molecule has 6 nitrogen and oxygen atoms in total. The van der Waals surface area contributed by atoms with Gasteiger partial charge in [0.15, 0.2) is 5.65 Å². The molecule has 0 aliphatic carbocycles. The summed E-state index contributed by atoms with van der Waals surface area (Å²) in [6.07, 6.45) is 3.45. The highest BCUT2D eigenvalue weighted by molar-refractivity contribution is 5.93. The van der Waals surface area contributed by atoms with Crippen LogP contribution < -0.4 is 5.32 Å². The molecular formula is C22H18N6. The molecule has 3 heterocycles. The molecule has 0 atom stereocenters. The van der Waals surface area contributed by atoms with Crippen molar-refractivity contribution in [3.8, 4) is 11.1 Å². The second kappa shape index (κ2) is 6.74. The first kappa shape index (κ1) is 16.4. The SMILES string of the molecule is Cc1nc2ncc(-c3ccc4ncnc(NCc5ccccc5)c4c3)cc2[nH]1. The van der Waals surface area contributed by atoms with Crippen LogP contribution in [0.2, 0.25) is 0 Å². The van der Waals surface area contributed by atoms with Gasteiger partial charge in [0.2, 0.25) is 0 Å². The Morgan fingerprint density at radius 2 is 1.82 bits per heavy atom. The van der Waals surface area contributed by atoms with Crippen LogP contribution in [0.25, 0.3) is 33.2 Å². The number of benzene rings is 2. The highest BCUT2D eigenvalue weighted by atomic mass is 15.0. The summed E-state index contributed by atoms with van der Waals surface area (Å²) < 4.78 is 0. The van der Waals surface area contributed by atoms with Crippen molar-refractivity contribution in [3.63, 3.8) is 0 Å². The van der Waals surface area contributed by atoms with Crippen molar-refractivity contribution in [2.24, 2.45) is 0 Å². The van der Waals surface area contributed by atoms with E-state index >= 15 is 0 Å². The lowest BCUT2D eigenvalue weighted by Gasteiger charge is -2.10. The van der Waals surface area contributed by atoms with Gasteiger partial charge in [0.05, 0.1) is 11.0 Å². The molecule has 136 valence electrons. The van der Waals surface area contributed by atoms with E-state index in [1.807, 2.05) is 37.4 Å². The summed E-state index contributed by atoms with van der Waals surface area (Å²) in [6.45, 7) is 2.64. The molecule has 0 saturated heterocycles. The van der Waals surface area contributed by atoms with E-state index in [1.54, 1.807) is 6.33 Å². The fourth-order valence-corrected chi connectivity index (χ4v) is 3.34. The number of imidazole rings is 1. The maximum Gasteiger partial charge on any atom is 0.177 e. The van der Waals surface area contributed by atoms with E-state index in [1.165, 1.54) is 5.56 Å². The maximum absolute atomic E-state index is 4.47. The summed E-state index contributed by atoms with van der Waals surface area (Å²) in [6, 6.07) is 18.5. The number of aryl methyl sites for hydroxylation is 1. The van der Waals surface area contributed by atoms with Gasteiger partial charge in [0.1, 0.15) is 18.0 Å². The summed E-state index contributed by atoms with van der Waals surface area (Å²) in [5.41, 5.74) is 5.86. The summed E-state index contributed by atoms with van der Waals surface area (Å²) in [5.74, 6) is 1.68. The Balaban J connectivity index is 1.53. The van der Waals surface area contributed by atoms with Gasteiger partial charge in [-0.1, -0.05) is 36.4 Å². The van der Waals surface area contributed by atoms with E-state index in [9.17, 15) is 0 Å². The molecule has 28 heavy (non-hydrogen) atoms. The van der Waals surface area contributed by atoms with Crippen LogP contribution in [0.4, 0.5) is 5.82 Å². The van der Waals surface area contributed by atoms with Gasteiger partial charge in [0.25, 0.3) is 0 Å². The fourth-order valence-electron chi connectivity index (χ4n) is 3.34. The number of H-pyrrole nitrogens is 1. The van der Waals surface area contributed by atoms with E-state index in [0.29, 0.717) is 6.54 Å². The molecule has 0 radical (unpaired) electrons. The molecule has 0 amide bonds. The molecular weight excluding hydrogens is 348 g/mol. The van der Waals surface area contributed by atoms with Crippen LogP contribution in [0.1, 0.15) is 11.4 Å². The van der Waals surface area contributed by atoms with Gasteiger partial charge in [-0.15, -0.1) is 0 Å². The van der Waals surface area contributed by atoms with Crippen LogP contribution in [0.3, 0.4) is 0 Å². The number of hydrogen-bond donors (Lipinski definition) is 2. The number of anilines is 1. The van der Waals surface area contributed by atoms with E-state index < -0.39 is 0 Å². The highest BCUT2D eigenvalue weighted by Crippen LogP contribution is 2.28. The number of nitrogens with one attached hydrogen (secondary N) is 2. The third kappa shape index (κ3) is 3.05. The fraction of sp³-hybridized carbons (Fsp3) is 0.0909. The number of rotatable bonds is 4. The van der Waals surface area contributed by atoms with Crippen molar-refractivity contribution in [2.45, 2.75) is 13.5 Å². The lowest BCUT2D eigenvalue weighted by Crippen LogP contribution is -2.02. The number of aromatic nitrogens is 5. The summed E-state index contributed by atoms with van der Waals surface area (Å²) in [5, 5.41) is 4.42. The smallest absolute Gasteiger partial charge is 0.177 e. The first-order valence-electron chi connectivity index (χ1n) is 9.11. The monoisotopic (exact) mass is 366 g/mol. The second-order valence-electron chi connectivity index (χ2n) is 6.71. The number of hydrogen-bond acceptors (Lipinski definition) is 5. The minimum absolute atomic E-state index is 0.706. The summed E-state index contributed by atoms with van der Waals surface area (Å²) in [7, 11) is 0. The quantitative estimate of drug-likeness (QED) is 0.490. The molecule has 0 spiro atoms. The standard InChI is InChI=1S/C22H18N6/c1-14-27-20-10-17(12-24-22(20)28-14)16-7-8-19-18(9-16)21(26-13-25-19)23-11-15-5-3-2-4-6-15/h2-10,12-13H,11H2,1H3,(H,23,25,26)(H,24,27,28). The Morgan fingerprint density at radius 3 is 2.71 bits per heavy atom. The molecule has 6 heteroatoms. The van der Waals surface area contributed by atoms with Gasteiger partial charge in [-0.3, -0.25) is 0 Å². The minimum atomic E-state index is 0.706. The van der Waals surface area contributed by atoms with E-state index in [4.69, 9.17) is 0 Å². The van der Waals surface area contributed by atoms with Gasteiger partial charge >= 0.3 is 0 Å². The predicted molar refractivity (Wildman–Crippen MR) is 111 cm³/mol. The normalized spacial score (nSPS) is 11.2. The minimum Gasteiger partial charge on any atom is -0.365 e. The highest BCUT2D eigenvalue weighted by Gasteiger charge is 2.08. The lowest BCUT2D eigenvalue weighted by atomic mass is 10.0. The first-order valence-corrected chi connectivity index (χ1v) is 9.11. The Hall–Kier alpha value is -3.80. The van der Waals surface area contributed by atoms with Crippen LogP contribution in [-0.2, 0) is 6.54 Å². The number of fused-ring (bicyclic) bond motifs is 2. The molecule has 0 bridgehead atoms. The lowest BCUT2D eigenvalue weighted by molar-refractivity contribution is 1.10. The topological polar surface area (TPSA) is 79.4 Å². The van der Waals surface area contributed by atoms with Crippen molar-refractivity contribution in [2.75, 3.05) is 5.32 Å². The van der Waals surface area contributed by atoms with Crippen molar-refractivity contribution >= 4 is 27.9 Å². The first-order chi connectivity index (χ1) is 13.8. The number of nitrogens with zero attached hydrogens (tertiary/aromatic N) is 4. The molecule has 0 aliphatic rings. The second-order valence-corrected chi connectivity index (χ2v) is 6.71. The molecule has 2 aromatic carbocycles. The van der Waals surface area contributed by atoms with E-state index in [0.717, 1.165) is 44.8 Å². The van der Waals surface area contributed by atoms with Gasteiger partial charge < -0.3 is 10.3 Å². The van der Waals surface area contributed by atoms with E-state index in [2.05, 4.69) is 60.6 Å². The van der Waals surface area contributed by atoms with Crippen LogP contribution in [0.15, 0.2) is 67.1 Å². The van der Waals surface area contributed by atoms with Crippen molar-refractivity contribution in [1.82, 2.24) is 24.9 Å². The average molecular weight is 366 g/mol. The Kier molecular flexibility index (Phi) is 3.94. The van der Waals surface area contributed by atoms with Gasteiger partial charge in [-0.05, 0) is 36.2 Å². The molecule has 5 aromatic rings. The number of aromatic amines is 1. The molecule has 0 saturated carbocycles. The van der Waals surface area contributed by atoms with Crippen LogP contribution in [0, 0.1) is 6.92 Å². The predicted octanol–water partition coefficient (Wildman–Crippen LogP) is 4.49. The molecule has 5 rings (SSSR count). The molecule has 0 unspecified atom stereocenters. The van der Waals surface area contributed by atoms with Crippen LogP contribution >= 0.6 is 0 Å². The Labute approximate surface area is 161 Å². The maximum atomic E-state index is 4.47. The Bertz CT molecular complexity index is 1280. The Morgan fingerprint density at radius 1 is 0.929 bits per heavy atom. The average Bonchev–Trinajstić information content (AvgIpc) is 3.11. The van der Waals surface area contributed by atoms with Crippen molar-refractivity contribution < 1.29 is 0 Å². The summed E-state index contributed by atoms with van der Waals surface area (Å²) >= 11 is 0. The van der Waals surface area contributed by atoms with Gasteiger partial charge in [0, 0.05) is 23.7 Å². The number of pyridine rings is 1. The van der Waals surface area contributed by atoms with Gasteiger partial charge in [-0.25, -0.2) is 19.9 Å². The summed E-state index contributed by atoms with van der Waals surface area (Å²) in [4.78, 5) is 20.9. The van der Waals surface area contributed by atoms with Crippen molar-refractivity contribution in [3.05, 3.63) is 78.5 Å². The molecule has 2 N–H and O–H groups in total. The molecule has 3 aromatic heterocycles. The van der Waals surface area contributed by atoms with E-state index in [-0.39, 0.29) is 0 Å². The zero-order valence-electron chi connectivity index (χ0n) is 15.3.